The molecular formula is C37H21N3S. The lowest BCUT2D eigenvalue weighted by atomic mass is 10.1. The van der Waals surface area contributed by atoms with Crippen molar-refractivity contribution in [2.24, 2.45) is 0 Å². The molecule has 0 spiro atoms. The van der Waals surface area contributed by atoms with Gasteiger partial charge in [-0.1, -0.05) is 84.9 Å². The summed E-state index contributed by atoms with van der Waals surface area (Å²) in [5, 5.41) is 7.78. The van der Waals surface area contributed by atoms with E-state index in [2.05, 4.69) is 136 Å². The molecule has 0 aliphatic carbocycles. The summed E-state index contributed by atoms with van der Waals surface area (Å²) in [5.74, 6) is 0. The van der Waals surface area contributed by atoms with Crippen molar-refractivity contribution in [3.8, 4) is 16.9 Å². The fraction of sp³-hybridized carbons (Fsp3) is 0. The molecule has 0 aliphatic rings. The van der Waals surface area contributed by atoms with Gasteiger partial charge < -0.3 is 4.57 Å². The van der Waals surface area contributed by atoms with E-state index in [0.29, 0.717) is 0 Å². The molecule has 4 heteroatoms. The predicted molar refractivity (Wildman–Crippen MR) is 174 cm³/mol. The molecule has 5 aromatic heterocycles. The Morgan fingerprint density at radius 1 is 0.537 bits per heavy atom. The summed E-state index contributed by atoms with van der Waals surface area (Å²) in [6.07, 6.45) is 0. The van der Waals surface area contributed by atoms with Crippen molar-refractivity contribution >= 4 is 80.8 Å². The van der Waals surface area contributed by atoms with Crippen molar-refractivity contribution in [3.05, 3.63) is 127 Å². The van der Waals surface area contributed by atoms with Gasteiger partial charge in [-0.05, 0) is 42.5 Å². The van der Waals surface area contributed by atoms with Crippen molar-refractivity contribution in [1.82, 2.24) is 14.0 Å². The zero-order chi connectivity index (χ0) is 26.7. The molecule has 5 heterocycles. The lowest BCUT2D eigenvalue weighted by molar-refractivity contribution is 1.19. The minimum absolute atomic E-state index is 0.984. The number of rotatable bonds is 2. The molecule has 0 saturated carbocycles. The number of para-hydroxylation sites is 1. The first-order valence-corrected chi connectivity index (χ1v) is 14.7. The number of hydrogen-bond acceptors (Lipinski definition) is 2. The third-order valence-electron chi connectivity index (χ3n) is 8.66. The van der Waals surface area contributed by atoms with E-state index in [0.717, 1.165) is 16.9 Å². The second kappa shape index (κ2) is 7.72. The normalized spacial score (nSPS) is 12.4. The summed E-state index contributed by atoms with van der Waals surface area (Å²) in [6, 6.07) is 46.1. The van der Waals surface area contributed by atoms with Crippen LogP contribution in [-0.4, -0.2) is 14.0 Å². The third-order valence-corrected chi connectivity index (χ3v) is 9.87. The maximum atomic E-state index is 5.05. The molecule has 0 fully saturated rings. The molecule has 0 amide bonds. The summed E-state index contributed by atoms with van der Waals surface area (Å²) in [4.78, 5) is 5.05. The van der Waals surface area contributed by atoms with Gasteiger partial charge in [-0.15, -0.1) is 11.3 Å². The predicted octanol–water partition coefficient (Wildman–Crippen LogP) is 10.2. The SMILES string of the molecule is c1ccc(-c2nc3cccc4c5cc(-n6c7ccccc7c7c8sc9ccccc9c8ccc76)ccc5c2n34)cc1. The van der Waals surface area contributed by atoms with Crippen LogP contribution >= 0.6 is 11.3 Å². The van der Waals surface area contributed by atoms with E-state index in [1.165, 1.54) is 69.5 Å². The number of thiophene rings is 1. The Kier molecular flexibility index (Phi) is 4.07. The monoisotopic (exact) mass is 539 g/mol. The van der Waals surface area contributed by atoms with Crippen LogP contribution in [0.25, 0.3) is 86.4 Å². The number of imidazole rings is 1. The number of benzene rings is 5. The summed E-state index contributed by atoms with van der Waals surface area (Å²) < 4.78 is 7.46. The van der Waals surface area contributed by atoms with E-state index in [4.69, 9.17) is 4.98 Å². The number of fused-ring (bicyclic) bond motifs is 10. The average Bonchev–Trinajstić information content (AvgIpc) is 3.77. The van der Waals surface area contributed by atoms with Crippen LogP contribution in [0.15, 0.2) is 127 Å². The first-order chi connectivity index (χ1) is 20.3. The molecule has 190 valence electrons. The molecule has 0 atom stereocenters. The third kappa shape index (κ3) is 2.75. The van der Waals surface area contributed by atoms with Crippen LogP contribution in [0.1, 0.15) is 0 Å². The van der Waals surface area contributed by atoms with E-state index >= 15 is 0 Å². The standard InChI is InChI=1S/C37H21N3S/c1-2-9-22(10-3-1)35-36-25-18-17-23(21-28(25)30-14-8-16-33(38-35)40(30)36)39-29-13-6-4-12-27(29)34-31(39)20-19-26-24-11-5-7-15-32(24)41-37(26)34/h1-21H. The van der Waals surface area contributed by atoms with E-state index in [9.17, 15) is 0 Å². The first kappa shape index (κ1) is 21.6. The topological polar surface area (TPSA) is 22.2 Å². The number of hydrogen-bond donors (Lipinski definition) is 0. The van der Waals surface area contributed by atoms with Crippen molar-refractivity contribution < 1.29 is 0 Å². The molecule has 10 aromatic rings. The highest BCUT2D eigenvalue weighted by atomic mass is 32.1. The zero-order valence-corrected chi connectivity index (χ0v) is 22.7. The molecule has 0 saturated heterocycles. The molecule has 10 rings (SSSR count). The molecule has 0 radical (unpaired) electrons. The molecule has 5 aromatic carbocycles. The highest BCUT2D eigenvalue weighted by Gasteiger charge is 2.21. The number of pyridine rings is 1. The molecule has 41 heavy (non-hydrogen) atoms. The second-order valence-electron chi connectivity index (χ2n) is 10.8. The molecule has 0 aliphatic heterocycles. The van der Waals surface area contributed by atoms with Crippen LogP contribution in [0.3, 0.4) is 0 Å². The van der Waals surface area contributed by atoms with Gasteiger partial charge in [-0.3, -0.25) is 4.40 Å². The lowest BCUT2D eigenvalue weighted by Gasteiger charge is -2.09. The Hall–Kier alpha value is -5.19. The second-order valence-corrected chi connectivity index (χ2v) is 11.8. The Bertz CT molecular complexity index is 2640. The van der Waals surface area contributed by atoms with Gasteiger partial charge in [0.15, 0.2) is 0 Å². The van der Waals surface area contributed by atoms with E-state index in [-0.39, 0.29) is 0 Å². The van der Waals surface area contributed by atoms with Crippen LogP contribution in [0.5, 0.6) is 0 Å². The van der Waals surface area contributed by atoms with Crippen LogP contribution in [-0.2, 0) is 0 Å². The molecule has 0 unspecified atom stereocenters. The quantitative estimate of drug-likeness (QED) is 0.214. The highest BCUT2D eigenvalue weighted by molar-refractivity contribution is 7.26. The minimum atomic E-state index is 0.984. The summed E-state index contributed by atoms with van der Waals surface area (Å²) in [6.45, 7) is 0. The minimum Gasteiger partial charge on any atom is -0.309 e. The smallest absolute Gasteiger partial charge is 0.138 e. The van der Waals surface area contributed by atoms with Crippen molar-refractivity contribution in [1.29, 1.82) is 0 Å². The number of aromatic nitrogens is 3. The first-order valence-electron chi connectivity index (χ1n) is 13.9. The molecule has 3 nitrogen and oxygen atoms in total. The van der Waals surface area contributed by atoms with Crippen LogP contribution < -0.4 is 0 Å². The van der Waals surface area contributed by atoms with Gasteiger partial charge in [0.2, 0.25) is 0 Å². The van der Waals surface area contributed by atoms with Crippen molar-refractivity contribution in [2.75, 3.05) is 0 Å². The fourth-order valence-electron chi connectivity index (χ4n) is 6.95. The van der Waals surface area contributed by atoms with Gasteiger partial charge in [-0.25, -0.2) is 4.98 Å². The van der Waals surface area contributed by atoms with Gasteiger partial charge in [0.05, 0.1) is 27.8 Å². The van der Waals surface area contributed by atoms with E-state index in [1.807, 2.05) is 11.3 Å². The Morgan fingerprint density at radius 2 is 1.32 bits per heavy atom. The maximum absolute atomic E-state index is 5.05. The Labute approximate surface area is 238 Å². The van der Waals surface area contributed by atoms with Gasteiger partial charge in [0.1, 0.15) is 5.65 Å². The van der Waals surface area contributed by atoms with Crippen molar-refractivity contribution in [2.45, 2.75) is 0 Å². The zero-order valence-electron chi connectivity index (χ0n) is 21.9. The summed E-state index contributed by atoms with van der Waals surface area (Å²) in [5.41, 5.74) is 9.18. The molecular weight excluding hydrogens is 518 g/mol. The largest absolute Gasteiger partial charge is 0.309 e. The average molecular weight is 540 g/mol. The number of nitrogens with zero attached hydrogens (tertiary/aromatic N) is 3. The molecule has 0 N–H and O–H groups in total. The van der Waals surface area contributed by atoms with Gasteiger partial charge in [0.25, 0.3) is 0 Å². The maximum Gasteiger partial charge on any atom is 0.138 e. The Morgan fingerprint density at radius 3 is 2.24 bits per heavy atom. The Balaban J connectivity index is 1.31. The molecule has 0 bridgehead atoms. The fourth-order valence-corrected chi connectivity index (χ4v) is 8.21. The lowest BCUT2D eigenvalue weighted by Crippen LogP contribution is -1.93. The van der Waals surface area contributed by atoms with Gasteiger partial charge in [0, 0.05) is 53.0 Å². The highest BCUT2D eigenvalue weighted by Crippen LogP contribution is 2.44. The summed E-state index contributed by atoms with van der Waals surface area (Å²) in [7, 11) is 0. The van der Waals surface area contributed by atoms with Crippen LogP contribution in [0, 0.1) is 0 Å². The van der Waals surface area contributed by atoms with Gasteiger partial charge in [-0.2, -0.15) is 0 Å². The van der Waals surface area contributed by atoms with E-state index in [1.54, 1.807) is 0 Å². The summed E-state index contributed by atoms with van der Waals surface area (Å²) >= 11 is 1.90. The van der Waals surface area contributed by atoms with E-state index < -0.39 is 0 Å². The van der Waals surface area contributed by atoms with Crippen LogP contribution in [0.2, 0.25) is 0 Å². The van der Waals surface area contributed by atoms with Crippen molar-refractivity contribution in [3.63, 3.8) is 0 Å². The van der Waals surface area contributed by atoms with Gasteiger partial charge >= 0.3 is 0 Å². The van der Waals surface area contributed by atoms with Crippen LogP contribution in [0.4, 0.5) is 0 Å².